The van der Waals surface area contributed by atoms with Crippen LogP contribution in [0.15, 0.2) is 41.4 Å². The van der Waals surface area contributed by atoms with Crippen molar-refractivity contribution in [3.05, 3.63) is 59.2 Å². The van der Waals surface area contributed by atoms with E-state index in [1.807, 2.05) is 17.9 Å². The minimum atomic E-state index is -0.668. The number of carbonyl (C=O) groups is 2. The van der Waals surface area contributed by atoms with Gasteiger partial charge in [0.25, 0.3) is 5.91 Å². The van der Waals surface area contributed by atoms with Crippen molar-refractivity contribution in [2.24, 2.45) is 10.9 Å². The second-order valence-corrected chi connectivity index (χ2v) is 7.26. The van der Waals surface area contributed by atoms with E-state index in [0.717, 1.165) is 23.8 Å². The highest BCUT2D eigenvalue weighted by Crippen LogP contribution is 2.30. The Bertz CT molecular complexity index is 1000. The summed E-state index contributed by atoms with van der Waals surface area (Å²) >= 11 is 0. The number of fused-ring (bicyclic) bond motifs is 1. The Morgan fingerprint density at radius 1 is 1.18 bits per heavy atom. The lowest BCUT2D eigenvalue weighted by Crippen LogP contribution is -2.30. The monoisotopic (exact) mass is 382 g/mol. The van der Waals surface area contributed by atoms with E-state index in [4.69, 9.17) is 0 Å². The average Bonchev–Trinajstić information content (AvgIpc) is 3.17. The van der Waals surface area contributed by atoms with E-state index in [1.54, 1.807) is 12.1 Å². The first-order valence-corrected chi connectivity index (χ1v) is 9.44. The topological polar surface area (TPSA) is 49.7 Å². The number of hydrogen-bond donors (Lipinski definition) is 0. The molecule has 1 fully saturated rings. The Hall–Kier alpha value is -2.89. The van der Waals surface area contributed by atoms with Gasteiger partial charge in [-0.3, -0.25) is 9.59 Å². The third-order valence-corrected chi connectivity index (χ3v) is 5.51. The molecule has 1 unspecified atom stereocenters. The summed E-state index contributed by atoms with van der Waals surface area (Å²) < 4.78 is 27.2. The van der Waals surface area contributed by atoms with E-state index in [0.29, 0.717) is 37.1 Å². The molecule has 0 saturated carbocycles. The van der Waals surface area contributed by atoms with E-state index >= 15 is 0 Å². The molecule has 2 amide bonds. The van der Waals surface area contributed by atoms with Crippen LogP contribution in [0, 0.1) is 17.6 Å². The van der Waals surface area contributed by atoms with Crippen LogP contribution in [0.3, 0.4) is 0 Å². The number of halogens is 2. The molecule has 6 heteroatoms. The zero-order chi connectivity index (χ0) is 19.8. The van der Waals surface area contributed by atoms with Gasteiger partial charge in [-0.15, -0.1) is 0 Å². The Labute approximate surface area is 161 Å². The summed E-state index contributed by atoms with van der Waals surface area (Å²) in [5.74, 6) is -1.44. The largest absolute Gasteiger partial charge is 0.342 e. The van der Waals surface area contributed by atoms with Crippen LogP contribution in [0.5, 0.6) is 0 Å². The van der Waals surface area contributed by atoms with Crippen molar-refractivity contribution in [2.45, 2.75) is 26.2 Å². The molecule has 2 aliphatic rings. The zero-order valence-corrected chi connectivity index (χ0v) is 15.5. The van der Waals surface area contributed by atoms with Crippen molar-refractivity contribution < 1.29 is 18.4 Å². The predicted molar refractivity (Wildman–Crippen MR) is 102 cm³/mol. The van der Waals surface area contributed by atoms with Crippen LogP contribution >= 0.6 is 0 Å². The number of rotatable bonds is 3. The molecule has 0 aromatic heterocycles. The molecule has 144 valence electrons. The van der Waals surface area contributed by atoms with Gasteiger partial charge < -0.3 is 4.90 Å². The zero-order valence-electron chi connectivity index (χ0n) is 15.5. The number of aliphatic imine (C=N–C) groups is 1. The maximum Gasteiger partial charge on any atom is 0.277 e. The highest BCUT2D eigenvalue weighted by molar-refractivity contribution is 6.10. The van der Waals surface area contributed by atoms with E-state index in [9.17, 15) is 18.4 Å². The van der Waals surface area contributed by atoms with E-state index in [1.165, 1.54) is 12.1 Å². The van der Waals surface area contributed by atoms with E-state index in [-0.39, 0.29) is 23.3 Å². The summed E-state index contributed by atoms with van der Waals surface area (Å²) in [5.41, 5.74) is 2.87. The lowest BCUT2D eigenvalue weighted by molar-refractivity contribution is -0.129. The molecule has 2 aromatic rings. The lowest BCUT2D eigenvalue weighted by Gasteiger charge is -2.21. The number of benzene rings is 2. The molecular formula is C22H20F2N2O2. The highest BCUT2D eigenvalue weighted by Gasteiger charge is 2.32. The van der Waals surface area contributed by atoms with Crippen molar-refractivity contribution in [3.63, 3.8) is 0 Å². The molecule has 0 N–H and O–H groups in total. The van der Waals surface area contributed by atoms with Crippen LogP contribution in [0.25, 0.3) is 11.1 Å². The normalized spacial score (nSPS) is 18.8. The summed E-state index contributed by atoms with van der Waals surface area (Å²) in [6.07, 6.45) is 1.84. The summed E-state index contributed by atoms with van der Waals surface area (Å²) in [6, 6.07) is 8.56. The third-order valence-electron chi connectivity index (χ3n) is 5.51. The van der Waals surface area contributed by atoms with E-state index in [2.05, 4.69) is 4.99 Å². The standard InChI is InChI=1S/C22H20F2N2O2/c1-2-21(27)26-8-7-15(12-26)20-10-14-4-3-13(9-18(14)22(28)25-20)17-6-5-16(23)11-19(17)24/h3-6,9,11,15H,2,7-8,10,12H2,1H3. The molecule has 0 aliphatic carbocycles. The molecule has 4 nitrogen and oxygen atoms in total. The molecule has 1 atom stereocenters. The number of carbonyl (C=O) groups excluding carboxylic acids is 2. The molecule has 4 rings (SSSR count). The number of likely N-dealkylation sites (tertiary alicyclic amines) is 1. The first kappa shape index (κ1) is 18.5. The van der Waals surface area contributed by atoms with Crippen molar-refractivity contribution in [1.82, 2.24) is 4.90 Å². The van der Waals surface area contributed by atoms with E-state index < -0.39 is 11.6 Å². The summed E-state index contributed by atoms with van der Waals surface area (Å²) in [7, 11) is 0. The van der Waals surface area contributed by atoms with Gasteiger partial charge in [-0.1, -0.05) is 19.1 Å². The first-order chi connectivity index (χ1) is 13.5. The number of hydrogen-bond acceptors (Lipinski definition) is 2. The van der Waals surface area contributed by atoms with Crippen molar-refractivity contribution in [1.29, 1.82) is 0 Å². The van der Waals surface area contributed by atoms with Crippen LogP contribution < -0.4 is 0 Å². The Morgan fingerprint density at radius 2 is 2.00 bits per heavy atom. The van der Waals surface area contributed by atoms with Gasteiger partial charge in [0.15, 0.2) is 0 Å². The molecular weight excluding hydrogens is 362 g/mol. The van der Waals surface area contributed by atoms with Crippen LogP contribution in [0.1, 0.15) is 35.7 Å². The van der Waals surface area contributed by atoms with Crippen molar-refractivity contribution >= 4 is 17.5 Å². The lowest BCUT2D eigenvalue weighted by atomic mass is 9.89. The second kappa shape index (κ2) is 7.26. The average molecular weight is 382 g/mol. The van der Waals surface area contributed by atoms with Gasteiger partial charge in [0.2, 0.25) is 5.91 Å². The molecule has 2 aliphatic heterocycles. The maximum absolute atomic E-state index is 14.1. The van der Waals surface area contributed by atoms with Gasteiger partial charge in [-0.2, -0.15) is 0 Å². The third kappa shape index (κ3) is 3.35. The van der Waals surface area contributed by atoms with Gasteiger partial charge in [0, 0.05) is 54.8 Å². The SMILES string of the molecule is CCC(=O)N1CCC(C2=NC(=O)c3cc(-c4ccc(F)cc4F)ccc3C2)C1. The molecule has 0 radical (unpaired) electrons. The van der Waals surface area contributed by atoms with Crippen LogP contribution in [-0.4, -0.2) is 35.5 Å². The van der Waals surface area contributed by atoms with Gasteiger partial charge in [-0.25, -0.2) is 13.8 Å². The number of nitrogens with zero attached hydrogens (tertiary/aromatic N) is 2. The van der Waals surface area contributed by atoms with Gasteiger partial charge in [0.05, 0.1) is 0 Å². The molecule has 0 spiro atoms. The van der Waals surface area contributed by atoms with Gasteiger partial charge in [-0.05, 0) is 35.7 Å². The smallest absolute Gasteiger partial charge is 0.277 e. The van der Waals surface area contributed by atoms with Crippen molar-refractivity contribution in [3.8, 4) is 11.1 Å². The van der Waals surface area contributed by atoms with Crippen LogP contribution in [-0.2, 0) is 11.2 Å². The second-order valence-electron chi connectivity index (χ2n) is 7.26. The minimum absolute atomic E-state index is 0.0989. The van der Waals surface area contributed by atoms with Crippen molar-refractivity contribution in [2.75, 3.05) is 13.1 Å². The molecule has 2 aromatic carbocycles. The number of amides is 2. The Kier molecular flexibility index (Phi) is 4.79. The fraction of sp³-hybridized carbons (Fsp3) is 0.318. The van der Waals surface area contributed by atoms with Crippen LogP contribution in [0.4, 0.5) is 8.78 Å². The summed E-state index contributed by atoms with van der Waals surface area (Å²) in [6.45, 7) is 3.14. The first-order valence-electron chi connectivity index (χ1n) is 9.44. The Morgan fingerprint density at radius 3 is 2.75 bits per heavy atom. The van der Waals surface area contributed by atoms with Crippen LogP contribution in [0.2, 0.25) is 0 Å². The minimum Gasteiger partial charge on any atom is -0.342 e. The summed E-state index contributed by atoms with van der Waals surface area (Å²) in [5, 5.41) is 0. The fourth-order valence-corrected chi connectivity index (χ4v) is 3.96. The molecule has 28 heavy (non-hydrogen) atoms. The summed E-state index contributed by atoms with van der Waals surface area (Å²) in [4.78, 5) is 30.6. The highest BCUT2D eigenvalue weighted by atomic mass is 19.1. The molecule has 2 heterocycles. The predicted octanol–water partition coefficient (Wildman–Crippen LogP) is 4.03. The fourth-order valence-electron chi connectivity index (χ4n) is 3.96. The quantitative estimate of drug-likeness (QED) is 0.805. The molecule has 1 saturated heterocycles. The maximum atomic E-state index is 14.1. The molecule has 0 bridgehead atoms. The Balaban J connectivity index is 1.58. The van der Waals surface area contributed by atoms with Gasteiger partial charge >= 0.3 is 0 Å². The van der Waals surface area contributed by atoms with Gasteiger partial charge in [0.1, 0.15) is 11.6 Å².